The van der Waals surface area contributed by atoms with E-state index in [0.29, 0.717) is 0 Å². The molecule has 90 valence electrons. The van der Waals surface area contributed by atoms with Crippen molar-refractivity contribution < 1.29 is 0 Å². The van der Waals surface area contributed by atoms with E-state index in [4.69, 9.17) is 0 Å². The molecule has 0 heteroatoms. The first-order valence-electron chi connectivity index (χ1n) is 7.26. The summed E-state index contributed by atoms with van der Waals surface area (Å²) in [4.78, 5) is 0. The molecule has 0 atom stereocenters. The molecular formula is C16H26. The predicted molar refractivity (Wildman–Crippen MR) is 71.5 cm³/mol. The molecular weight excluding hydrogens is 192 g/mol. The van der Waals surface area contributed by atoms with E-state index in [2.05, 4.69) is 19.1 Å². The van der Waals surface area contributed by atoms with Crippen LogP contribution in [-0.2, 0) is 0 Å². The molecule has 2 aliphatic carbocycles. The van der Waals surface area contributed by atoms with Crippen molar-refractivity contribution in [3.63, 3.8) is 0 Å². The standard InChI is InChI=1S/C16H26/c1-14(15-10-6-2-3-7-11-15)16-12-8-4-5-9-13-16/h10,12,14H,2-9,11,13H2,1H3. The first-order valence-corrected chi connectivity index (χ1v) is 7.26. The topological polar surface area (TPSA) is 0 Å². The van der Waals surface area contributed by atoms with Crippen LogP contribution < -0.4 is 0 Å². The highest BCUT2D eigenvalue weighted by Crippen LogP contribution is 2.32. The normalized spacial score (nSPS) is 23.4. The van der Waals surface area contributed by atoms with Gasteiger partial charge in [-0.05, 0) is 57.3 Å². The van der Waals surface area contributed by atoms with Crippen LogP contribution in [0.1, 0.15) is 71.1 Å². The van der Waals surface area contributed by atoms with Gasteiger partial charge < -0.3 is 0 Å². The Kier molecular flexibility index (Phi) is 4.69. The molecule has 0 aromatic rings. The van der Waals surface area contributed by atoms with E-state index in [1.807, 2.05) is 0 Å². The van der Waals surface area contributed by atoms with Crippen LogP contribution in [0.4, 0.5) is 0 Å². The quantitative estimate of drug-likeness (QED) is 0.544. The summed E-state index contributed by atoms with van der Waals surface area (Å²) in [5.41, 5.74) is 3.48. The van der Waals surface area contributed by atoms with Crippen LogP contribution in [0, 0.1) is 5.92 Å². The van der Waals surface area contributed by atoms with Crippen molar-refractivity contribution in [2.45, 2.75) is 71.1 Å². The van der Waals surface area contributed by atoms with E-state index in [9.17, 15) is 0 Å². The zero-order valence-corrected chi connectivity index (χ0v) is 10.8. The average Bonchev–Trinajstić information content (AvgIpc) is 2.73. The monoisotopic (exact) mass is 218 g/mol. The second kappa shape index (κ2) is 6.27. The first kappa shape index (κ1) is 12.0. The van der Waals surface area contributed by atoms with Gasteiger partial charge in [0.15, 0.2) is 0 Å². The molecule has 0 radical (unpaired) electrons. The Bertz CT molecular complexity index is 242. The van der Waals surface area contributed by atoms with Gasteiger partial charge in [0, 0.05) is 0 Å². The van der Waals surface area contributed by atoms with Crippen molar-refractivity contribution >= 4 is 0 Å². The smallest absolute Gasteiger partial charge is 0.00215 e. The lowest BCUT2D eigenvalue weighted by Gasteiger charge is -2.18. The summed E-state index contributed by atoms with van der Waals surface area (Å²) in [7, 11) is 0. The molecule has 0 bridgehead atoms. The SMILES string of the molecule is CC(C1=CCCCCC1)C1=CCCCCC1. The molecule has 0 N–H and O–H groups in total. The molecule has 0 aliphatic heterocycles. The van der Waals surface area contributed by atoms with Crippen LogP contribution in [-0.4, -0.2) is 0 Å². The third-order valence-electron chi connectivity index (χ3n) is 4.26. The molecule has 0 spiro atoms. The fraction of sp³-hybridized carbons (Fsp3) is 0.750. The third kappa shape index (κ3) is 3.23. The zero-order chi connectivity index (χ0) is 11.2. The van der Waals surface area contributed by atoms with Gasteiger partial charge >= 0.3 is 0 Å². The molecule has 0 aromatic carbocycles. The highest BCUT2D eigenvalue weighted by atomic mass is 14.2. The van der Waals surface area contributed by atoms with E-state index in [1.54, 1.807) is 11.1 Å². The van der Waals surface area contributed by atoms with Crippen molar-refractivity contribution in [2.24, 2.45) is 5.92 Å². The molecule has 0 saturated heterocycles. The molecule has 0 aromatic heterocycles. The van der Waals surface area contributed by atoms with E-state index in [0.717, 1.165) is 5.92 Å². The summed E-state index contributed by atoms with van der Waals surface area (Å²) in [6.45, 7) is 2.44. The van der Waals surface area contributed by atoms with Gasteiger partial charge in [0.05, 0.1) is 0 Å². The van der Waals surface area contributed by atoms with Crippen molar-refractivity contribution in [1.82, 2.24) is 0 Å². The molecule has 0 heterocycles. The molecule has 0 nitrogen and oxygen atoms in total. The minimum absolute atomic E-state index is 0.746. The van der Waals surface area contributed by atoms with Gasteiger partial charge in [-0.1, -0.05) is 43.1 Å². The van der Waals surface area contributed by atoms with Crippen molar-refractivity contribution in [3.05, 3.63) is 23.3 Å². The summed E-state index contributed by atoms with van der Waals surface area (Å²) < 4.78 is 0. The Morgan fingerprint density at radius 1 is 0.750 bits per heavy atom. The van der Waals surface area contributed by atoms with Gasteiger partial charge in [-0.15, -0.1) is 0 Å². The summed E-state index contributed by atoms with van der Waals surface area (Å²) in [5.74, 6) is 0.746. The number of hydrogen-bond acceptors (Lipinski definition) is 0. The number of hydrogen-bond donors (Lipinski definition) is 0. The number of rotatable bonds is 2. The molecule has 16 heavy (non-hydrogen) atoms. The Balaban J connectivity index is 2.01. The Labute approximate surface area is 101 Å². The van der Waals surface area contributed by atoms with E-state index in [1.165, 1.54) is 64.2 Å². The van der Waals surface area contributed by atoms with Crippen LogP contribution in [0.15, 0.2) is 23.3 Å². The van der Waals surface area contributed by atoms with Gasteiger partial charge in [0.25, 0.3) is 0 Å². The van der Waals surface area contributed by atoms with Gasteiger partial charge in [-0.25, -0.2) is 0 Å². The first-order chi connectivity index (χ1) is 7.88. The van der Waals surface area contributed by atoms with Crippen LogP contribution in [0.3, 0.4) is 0 Å². The van der Waals surface area contributed by atoms with Crippen LogP contribution >= 0.6 is 0 Å². The maximum absolute atomic E-state index is 2.55. The maximum atomic E-state index is 2.55. The van der Waals surface area contributed by atoms with Crippen LogP contribution in [0.5, 0.6) is 0 Å². The van der Waals surface area contributed by atoms with Crippen molar-refractivity contribution in [3.8, 4) is 0 Å². The molecule has 0 amide bonds. The fourth-order valence-corrected chi connectivity index (χ4v) is 3.10. The molecule has 0 unspecified atom stereocenters. The van der Waals surface area contributed by atoms with E-state index >= 15 is 0 Å². The second-order valence-electron chi connectivity index (χ2n) is 5.48. The van der Waals surface area contributed by atoms with E-state index in [-0.39, 0.29) is 0 Å². The van der Waals surface area contributed by atoms with E-state index < -0.39 is 0 Å². The Morgan fingerprint density at radius 3 is 1.75 bits per heavy atom. The summed E-state index contributed by atoms with van der Waals surface area (Å²) in [6, 6.07) is 0. The molecule has 2 aliphatic rings. The average molecular weight is 218 g/mol. The summed E-state index contributed by atoms with van der Waals surface area (Å²) in [6.07, 6.45) is 19.0. The zero-order valence-electron chi connectivity index (χ0n) is 10.8. The Hall–Kier alpha value is -0.520. The second-order valence-corrected chi connectivity index (χ2v) is 5.48. The lowest BCUT2D eigenvalue weighted by Crippen LogP contribution is -2.03. The highest BCUT2D eigenvalue weighted by Gasteiger charge is 2.15. The minimum atomic E-state index is 0.746. The summed E-state index contributed by atoms with van der Waals surface area (Å²) >= 11 is 0. The number of allylic oxidation sites excluding steroid dienone is 4. The van der Waals surface area contributed by atoms with Gasteiger partial charge in [-0.2, -0.15) is 0 Å². The maximum Gasteiger partial charge on any atom is -0.00215 e. The molecule has 0 fully saturated rings. The van der Waals surface area contributed by atoms with Crippen molar-refractivity contribution in [1.29, 1.82) is 0 Å². The molecule has 0 saturated carbocycles. The lowest BCUT2D eigenvalue weighted by atomic mass is 9.87. The van der Waals surface area contributed by atoms with Crippen molar-refractivity contribution in [2.75, 3.05) is 0 Å². The lowest BCUT2D eigenvalue weighted by molar-refractivity contribution is 0.645. The van der Waals surface area contributed by atoms with Crippen LogP contribution in [0.2, 0.25) is 0 Å². The molecule has 2 rings (SSSR count). The Morgan fingerprint density at radius 2 is 1.25 bits per heavy atom. The minimum Gasteiger partial charge on any atom is -0.0847 e. The largest absolute Gasteiger partial charge is 0.0847 e. The summed E-state index contributed by atoms with van der Waals surface area (Å²) in [5, 5.41) is 0. The predicted octanol–water partition coefficient (Wildman–Crippen LogP) is 5.40. The van der Waals surface area contributed by atoms with Gasteiger partial charge in [0.2, 0.25) is 0 Å². The highest BCUT2D eigenvalue weighted by molar-refractivity contribution is 5.21. The fourth-order valence-electron chi connectivity index (χ4n) is 3.10. The van der Waals surface area contributed by atoms with Gasteiger partial charge in [0.1, 0.15) is 0 Å². The van der Waals surface area contributed by atoms with Gasteiger partial charge in [-0.3, -0.25) is 0 Å². The van der Waals surface area contributed by atoms with Crippen LogP contribution in [0.25, 0.3) is 0 Å². The third-order valence-corrected chi connectivity index (χ3v) is 4.26.